The molecule has 0 saturated carbocycles. The minimum absolute atomic E-state index is 0.819. The predicted octanol–water partition coefficient (Wildman–Crippen LogP) is 3.21. The number of nitrogens with zero attached hydrogens (tertiary/aromatic N) is 3. The second kappa shape index (κ2) is 6.52. The van der Waals surface area contributed by atoms with Crippen LogP contribution >= 0.6 is 11.8 Å². The van der Waals surface area contributed by atoms with Gasteiger partial charge in [0.25, 0.3) is 0 Å². The first kappa shape index (κ1) is 13.8. The van der Waals surface area contributed by atoms with Gasteiger partial charge < -0.3 is 5.32 Å². The third kappa shape index (κ3) is 3.92. The Balaban J connectivity index is 2.09. The van der Waals surface area contributed by atoms with Crippen molar-refractivity contribution in [3.05, 3.63) is 41.3 Å². The largest absolute Gasteiger partial charge is 0.370 e. The highest BCUT2D eigenvalue weighted by Crippen LogP contribution is 2.23. The maximum atomic E-state index is 4.44. The van der Waals surface area contributed by atoms with Gasteiger partial charge >= 0.3 is 0 Å². The first-order valence-electron chi connectivity index (χ1n) is 6.32. The van der Waals surface area contributed by atoms with E-state index in [-0.39, 0.29) is 0 Å². The van der Waals surface area contributed by atoms with Crippen molar-refractivity contribution < 1.29 is 0 Å². The Morgan fingerprint density at radius 3 is 2.63 bits per heavy atom. The zero-order chi connectivity index (χ0) is 13.7. The van der Waals surface area contributed by atoms with Crippen molar-refractivity contribution in [2.24, 2.45) is 0 Å². The Bertz CT molecular complexity index is 537. The zero-order valence-electron chi connectivity index (χ0n) is 11.5. The van der Waals surface area contributed by atoms with Crippen LogP contribution in [0.2, 0.25) is 0 Å². The molecule has 1 N–H and O–H groups in total. The maximum Gasteiger partial charge on any atom is 0.188 e. The lowest BCUT2D eigenvalue weighted by molar-refractivity contribution is 0.901. The summed E-state index contributed by atoms with van der Waals surface area (Å²) in [7, 11) is 0. The quantitative estimate of drug-likeness (QED) is 0.670. The number of thioether (sulfide) groups is 1. The van der Waals surface area contributed by atoms with Crippen LogP contribution in [-0.2, 0) is 5.75 Å². The van der Waals surface area contributed by atoms with Crippen LogP contribution in [0, 0.1) is 13.8 Å². The number of aromatic nitrogens is 3. The van der Waals surface area contributed by atoms with E-state index in [0.717, 1.165) is 34.7 Å². The summed E-state index contributed by atoms with van der Waals surface area (Å²) in [6.45, 7) is 6.92. The Morgan fingerprint density at radius 2 is 1.95 bits per heavy atom. The summed E-state index contributed by atoms with van der Waals surface area (Å²) >= 11 is 1.64. The fourth-order valence-electron chi connectivity index (χ4n) is 1.78. The summed E-state index contributed by atoms with van der Waals surface area (Å²) in [6, 6.07) is 6.03. The number of nitrogens with one attached hydrogen (secondary N) is 1. The molecule has 0 saturated heterocycles. The molecule has 0 amide bonds. The summed E-state index contributed by atoms with van der Waals surface area (Å²) in [6.07, 6.45) is 1.81. The van der Waals surface area contributed by atoms with Crippen LogP contribution in [0.5, 0.6) is 0 Å². The second-order valence-corrected chi connectivity index (χ2v) is 5.21. The van der Waals surface area contributed by atoms with Crippen LogP contribution in [0.1, 0.15) is 23.9 Å². The lowest BCUT2D eigenvalue weighted by atomic mass is 10.3. The molecule has 0 aromatic carbocycles. The minimum atomic E-state index is 0.819. The van der Waals surface area contributed by atoms with Gasteiger partial charge in [0.1, 0.15) is 5.82 Å². The molecule has 0 radical (unpaired) electrons. The first-order valence-corrected chi connectivity index (χ1v) is 7.30. The van der Waals surface area contributed by atoms with Crippen LogP contribution in [0.15, 0.2) is 29.6 Å². The van der Waals surface area contributed by atoms with E-state index in [9.17, 15) is 0 Å². The molecule has 100 valence electrons. The van der Waals surface area contributed by atoms with Gasteiger partial charge in [0.05, 0.1) is 0 Å². The zero-order valence-corrected chi connectivity index (χ0v) is 12.3. The number of rotatable bonds is 5. The molecule has 0 atom stereocenters. The summed E-state index contributed by atoms with van der Waals surface area (Å²) < 4.78 is 0. The Kier molecular flexibility index (Phi) is 4.74. The fraction of sp³-hybridized carbons (Fsp3) is 0.357. The van der Waals surface area contributed by atoms with Crippen molar-refractivity contribution in [3.63, 3.8) is 0 Å². The van der Waals surface area contributed by atoms with E-state index >= 15 is 0 Å². The Morgan fingerprint density at radius 1 is 1.21 bits per heavy atom. The molecule has 0 fully saturated rings. The molecule has 2 aromatic rings. The van der Waals surface area contributed by atoms with Crippen LogP contribution in [0.3, 0.4) is 0 Å². The van der Waals surface area contributed by atoms with Gasteiger partial charge in [0, 0.05) is 35.4 Å². The van der Waals surface area contributed by atoms with Gasteiger partial charge in [-0.1, -0.05) is 17.8 Å². The second-order valence-electron chi connectivity index (χ2n) is 4.26. The van der Waals surface area contributed by atoms with Crippen molar-refractivity contribution in [1.82, 2.24) is 15.0 Å². The van der Waals surface area contributed by atoms with E-state index in [0.29, 0.717) is 0 Å². The van der Waals surface area contributed by atoms with E-state index in [1.165, 1.54) is 5.56 Å². The van der Waals surface area contributed by atoms with Crippen LogP contribution in [0.25, 0.3) is 0 Å². The highest BCUT2D eigenvalue weighted by molar-refractivity contribution is 7.98. The van der Waals surface area contributed by atoms with Gasteiger partial charge in [-0.3, -0.25) is 0 Å². The molecule has 0 bridgehead atoms. The normalized spacial score (nSPS) is 10.5. The number of hydrogen-bond acceptors (Lipinski definition) is 5. The van der Waals surface area contributed by atoms with Gasteiger partial charge in [-0.25, -0.2) is 15.0 Å². The number of aryl methyl sites for hydroxylation is 2. The molecule has 2 rings (SSSR count). The summed E-state index contributed by atoms with van der Waals surface area (Å²) in [5.74, 6) is 1.76. The number of hydrogen-bond donors (Lipinski definition) is 1. The molecule has 2 aromatic heterocycles. The van der Waals surface area contributed by atoms with Gasteiger partial charge in [-0.05, 0) is 32.9 Å². The van der Waals surface area contributed by atoms with Gasteiger partial charge in [-0.15, -0.1) is 0 Å². The SMILES string of the molecule is CCNc1ncccc1CSc1nc(C)cc(C)n1. The molecule has 5 heteroatoms. The highest BCUT2D eigenvalue weighted by atomic mass is 32.2. The smallest absolute Gasteiger partial charge is 0.188 e. The van der Waals surface area contributed by atoms with Crippen LogP contribution in [-0.4, -0.2) is 21.5 Å². The molecule has 0 aliphatic rings. The highest BCUT2D eigenvalue weighted by Gasteiger charge is 2.05. The summed E-state index contributed by atoms with van der Waals surface area (Å²) in [5.41, 5.74) is 3.19. The number of anilines is 1. The third-order valence-electron chi connectivity index (χ3n) is 2.55. The minimum Gasteiger partial charge on any atom is -0.370 e. The fourth-order valence-corrected chi connectivity index (χ4v) is 2.72. The summed E-state index contributed by atoms with van der Waals surface area (Å²) in [4.78, 5) is 13.2. The molecule has 4 nitrogen and oxygen atoms in total. The lowest BCUT2D eigenvalue weighted by Crippen LogP contribution is -2.02. The van der Waals surface area contributed by atoms with Crippen molar-refractivity contribution in [2.75, 3.05) is 11.9 Å². The van der Waals surface area contributed by atoms with Crippen molar-refractivity contribution in [1.29, 1.82) is 0 Å². The maximum absolute atomic E-state index is 4.44. The Labute approximate surface area is 118 Å². The molecule has 0 unspecified atom stereocenters. The summed E-state index contributed by atoms with van der Waals surface area (Å²) in [5, 5.41) is 4.09. The molecule has 19 heavy (non-hydrogen) atoms. The lowest BCUT2D eigenvalue weighted by Gasteiger charge is -2.08. The molecular formula is C14H18N4S. The van der Waals surface area contributed by atoms with Gasteiger partial charge in [-0.2, -0.15) is 0 Å². The van der Waals surface area contributed by atoms with Crippen LogP contribution < -0.4 is 5.32 Å². The molecule has 0 aliphatic heterocycles. The van der Waals surface area contributed by atoms with Crippen molar-refractivity contribution in [3.8, 4) is 0 Å². The van der Waals surface area contributed by atoms with Crippen LogP contribution in [0.4, 0.5) is 5.82 Å². The molecule has 0 aliphatic carbocycles. The van der Waals surface area contributed by atoms with E-state index in [1.807, 2.05) is 26.0 Å². The Hall–Kier alpha value is -1.62. The molecule has 2 heterocycles. The van der Waals surface area contributed by atoms with E-state index in [1.54, 1.807) is 18.0 Å². The molecular weight excluding hydrogens is 256 g/mol. The average Bonchev–Trinajstić information content (AvgIpc) is 2.37. The monoisotopic (exact) mass is 274 g/mol. The van der Waals surface area contributed by atoms with Gasteiger partial charge in [0.15, 0.2) is 5.16 Å². The standard InChI is InChI=1S/C14H18N4S/c1-4-15-13-12(6-5-7-16-13)9-19-14-17-10(2)8-11(3)18-14/h5-8H,4,9H2,1-3H3,(H,15,16). The number of pyridine rings is 1. The third-order valence-corrected chi connectivity index (χ3v) is 3.45. The first-order chi connectivity index (χ1) is 9.19. The van der Waals surface area contributed by atoms with E-state index in [4.69, 9.17) is 0 Å². The van der Waals surface area contributed by atoms with Gasteiger partial charge in [0.2, 0.25) is 0 Å². The van der Waals surface area contributed by atoms with E-state index < -0.39 is 0 Å². The topological polar surface area (TPSA) is 50.7 Å². The van der Waals surface area contributed by atoms with Crippen molar-refractivity contribution in [2.45, 2.75) is 31.7 Å². The molecule has 0 spiro atoms. The average molecular weight is 274 g/mol. The van der Waals surface area contributed by atoms with Crippen molar-refractivity contribution >= 4 is 17.6 Å². The van der Waals surface area contributed by atoms with E-state index in [2.05, 4.69) is 33.3 Å². The predicted molar refractivity (Wildman–Crippen MR) is 79.5 cm³/mol.